The topological polar surface area (TPSA) is 214 Å². The summed E-state index contributed by atoms with van der Waals surface area (Å²) in [6.07, 6.45) is -1.96. The van der Waals surface area contributed by atoms with Crippen molar-refractivity contribution < 1.29 is 41.4 Å². The number of tetrazole rings is 1. The predicted octanol–water partition coefficient (Wildman–Crippen LogP) is 0.756. The number of alkyl halides is 3. The highest BCUT2D eigenvalue weighted by Crippen LogP contribution is 2.29. The minimum Gasteiger partial charge on any atom is -0.481 e. The molecular weight excluding hydrogens is 487 g/mol. The molecule has 0 fully saturated rings. The number of nitrogens with zero attached hydrogens (tertiary/aromatic N) is 4. The molecule has 2 heterocycles. The van der Waals surface area contributed by atoms with Crippen molar-refractivity contribution in [2.75, 3.05) is 17.6 Å². The molecule has 13 nitrogen and oxygen atoms in total. The van der Waals surface area contributed by atoms with Crippen molar-refractivity contribution in [3.63, 3.8) is 0 Å². The lowest BCUT2D eigenvalue weighted by Crippen LogP contribution is -2.25. The number of H-pyrrole nitrogens is 1. The molecule has 2 aromatic rings. The van der Waals surface area contributed by atoms with Crippen molar-refractivity contribution in [1.82, 2.24) is 25.6 Å². The second-order valence-electron chi connectivity index (χ2n) is 6.97. The summed E-state index contributed by atoms with van der Waals surface area (Å²) in [6.45, 7) is 2.09. The van der Waals surface area contributed by atoms with Gasteiger partial charge in [-0.2, -0.15) is 13.2 Å². The molecular formula is C17H24F3N7O6S. The first-order valence-corrected chi connectivity index (χ1v) is 11.4. The molecule has 0 saturated carbocycles. The number of aromatic amines is 1. The Labute approximate surface area is 192 Å². The van der Waals surface area contributed by atoms with Gasteiger partial charge in [0.2, 0.25) is 10.0 Å². The third-order valence-electron chi connectivity index (χ3n) is 4.33. The Bertz CT molecular complexity index is 1020. The molecule has 34 heavy (non-hydrogen) atoms. The maximum absolute atomic E-state index is 11.7. The van der Waals surface area contributed by atoms with E-state index in [1.807, 2.05) is 6.92 Å². The van der Waals surface area contributed by atoms with Gasteiger partial charge in [0, 0.05) is 24.6 Å². The van der Waals surface area contributed by atoms with Crippen LogP contribution >= 0.6 is 0 Å². The molecule has 0 unspecified atom stereocenters. The standard InChI is InChI=1S/C15H23N7O4S.C2HF3O2/c1-2-3-12(15(23)24)13(14-19-21-22-20-14)8-10-4-5-11(9-18-10)17-6-7-27(16,25)26;3-2(4,5)1(6)7/h4-5,9,12-13,17H,2-3,6-8H2,1H3,(H,23,24)(H2,16,25,26)(H,19,20,21,22);(H,6,7)/t12-,13-;/m0./s1. The molecule has 0 aliphatic heterocycles. The van der Waals surface area contributed by atoms with Gasteiger partial charge in [0.05, 0.1) is 23.6 Å². The number of hydrogen-bond donors (Lipinski definition) is 5. The number of halogens is 3. The first-order chi connectivity index (χ1) is 15.7. The number of carboxylic acid groups (broad SMARTS) is 2. The summed E-state index contributed by atoms with van der Waals surface area (Å²) < 4.78 is 53.6. The molecule has 2 rings (SSSR count). The zero-order valence-corrected chi connectivity index (χ0v) is 18.7. The SMILES string of the molecule is CCC[C@H](C(=O)O)[C@H](Cc1ccc(NCCS(N)(=O)=O)cn1)c1nnn[nH]1.O=C(O)C(F)(F)F. The number of hydrogen-bond acceptors (Lipinski definition) is 9. The van der Waals surface area contributed by atoms with Crippen LogP contribution in [0.4, 0.5) is 18.9 Å². The van der Waals surface area contributed by atoms with E-state index >= 15 is 0 Å². The third kappa shape index (κ3) is 10.5. The Morgan fingerprint density at radius 2 is 1.91 bits per heavy atom. The molecule has 0 aliphatic rings. The van der Waals surface area contributed by atoms with Crippen molar-refractivity contribution in [2.45, 2.75) is 38.3 Å². The number of carboxylic acids is 2. The summed E-state index contributed by atoms with van der Waals surface area (Å²) >= 11 is 0. The van der Waals surface area contributed by atoms with Crippen LogP contribution in [0.5, 0.6) is 0 Å². The number of anilines is 1. The van der Waals surface area contributed by atoms with Gasteiger partial charge in [0.1, 0.15) is 0 Å². The van der Waals surface area contributed by atoms with E-state index in [0.717, 1.165) is 6.42 Å². The number of aliphatic carboxylic acids is 2. The van der Waals surface area contributed by atoms with Crippen LogP contribution in [0, 0.1) is 5.92 Å². The first kappa shape index (κ1) is 28.7. The van der Waals surface area contributed by atoms with E-state index in [9.17, 15) is 31.5 Å². The van der Waals surface area contributed by atoms with Crippen molar-refractivity contribution in [1.29, 1.82) is 0 Å². The van der Waals surface area contributed by atoms with Crippen molar-refractivity contribution in [2.24, 2.45) is 11.1 Å². The van der Waals surface area contributed by atoms with E-state index in [2.05, 4.69) is 30.9 Å². The van der Waals surface area contributed by atoms with Crippen LogP contribution in [0.2, 0.25) is 0 Å². The molecule has 0 aromatic carbocycles. The largest absolute Gasteiger partial charge is 0.490 e. The van der Waals surface area contributed by atoms with Gasteiger partial charge >= 0.3 is 18.1 Å². The monoisotopic (exact) mass is 511 g/mol. The maximum atomic E-state index is 11.7. The van der Waals surface area contributed by atoms with Gasteiger partial charge in [-0.05, 0) is 29.0 Å². The molecule has 2 aromatic heterocycles. The smallest absolute Gasteiger partial charge is 0.481 e. The third-order valence-corrected chi connectivity index (χ3v) is 5.10. The van der Waals surface area contributed by atoms with Gasteiger partial charge < -0.3 is 15.5 Å². The Morgan fingerprint density at radius 1 is 1.26 bits per heavy atom. The molecule has 0 aliphatic carbocycles. The van der Waals surface area contributed by atoms with Gasteiger partial charge in [-0.1, -0.05) is 13.3 Å². The molecule has 190 valence electrons. The number of sulfonamides is 1. The zero-order chi connectivity index (χ0) is 25.9. The fraction of sp³-hybridized carbons (Fsp3) is 0.529. The summed E-state index contributed by atoms with van der Waals surface area (Å²) in [5, 5.41) is 38.2. The Morgan fingerprint density at radius 3 is 2.32 bits per heavy atom. The number of primary sulfonamides is 1. The van der Waals surface area contributed by atoms with Crippen LogP contribution in [0.3, 0.4) is 0 Å². The number of aromatic nitrogens is 5. The van der Waals surface area contributed by atoms with Gasteiger partial charge in [-0.3, -0.25) is 9.78 Å². The summed E-state index contributed by atoms with van der Waals surface area (Å²) in [4.78, 5) is 24.9. The minimum atomic E-state index is -5.08. The highest BCUT2D eigenvalue weighted by atomic mass is 32.2. The molecule has 0 amide bonds. The second kappa shape index (κ2) is 12.8. The van der Waals surface area contributed by atoms with Crippen LogP contribution in [0.15, 0.2) is 18.3 Å². The summed E-state index contributed by atoms with van der Waals surface area (Å²) in [7, 11) is -3.53. The summed E-state index contributed by atoms with van der Waals surface area (Å²) in [5.74, 6) is -4.52. The van der Waals surface area contributed by atoms with E-state index in [0.29, 0.717) is 30.0 Å². The number of nitrogens with two attached hydrogens (primary N) is 1. The molecule has 17 heteroatoms. The quantitative estimate of drug-likeness (QED) is 0.284. The van der Waals surface area contributed by atoms with Gasteiger partial charge in [-0.15, -0.1) is 5.10 Å². The molecule has 0 saturated heterocycles. The number of pyridine rings is 1. The fourth-order valence-electron chi connectivity index (χ4n) is 2.77. The van der Waals surface area contributed by atoms with Gasteiger partial charge in [-0.25, -0.2) is 23.4 Å². The minimum absolute atomic E-state index is 0.170. The molecule has 0 bridgehead atoms. The highest BCUT2D eigenvalue weighted by molar-refractivity contribution is 7.89. The number of nitrogens with one attached hydrogen (secondary N) is 2. The fourth-order valence-corrected chi connectivity index (χ4v) is 3.16. The lowest BCUT2D eigenvalue weighted by atomic mass is 9.84. The number of rotatable bonds is 11. The highest BCUT2D eigenvalue weighted by Gasteiger charge is 2.38. The average Bonchev–Trinajstić information content (AvgIpc) is 3.25. The lowest BCUT2D eigenvalue weighted by molar-refractivity contribution is -0.192. The molecule has 6 N–H and O–H groups in total. The van der Waals surface area contributed by atoms with Crippen molar-refractivity contribution >= 4 is 27.6 Å². The van der Waals surface area contributed by atoms with E-state index in [4.69, 9.17) is 15.0 Å². The van der Waals surface area contributed by atoms with Crippen LogP contribution < -0.4 is 10.5 Å². The van der Waals surface area contributed by atoms with Crippen LogP contribution in [-0.2, 0) is 26.0 Å². The Balaban J connectivity index is 0.000000718. The van der Waals surface area contributed by atoms with Gasteiger partial charge in [0.25, 0.3) is 0 Å². The lowest BCUT2D eigenvalue weighted by Gasteiger charge is -2.21. The first-order valence-electron chi connectivity index (χ1n) is 9.70. The molecule has 2 atom stereocenters. The predicted molar refractivity (Wildman–Crippen MR) is 111 cm³/mol. The van der Waals surface area contributed by atoms with E-state index < -0.39 is 40.0 Å². The van der Waals surface area contributed by atoms with Crippen molar-refractivity contribution in [3.8, 4) is 0 Å². The number of carbonyl (C=O) groups is 2. The average molecular weight is 511 g/mol. The van der Waals surface area contributed by atoms with Gasteiger partial charge in [0.15, 0.2) is 5.82 Å². The molecule has 0 spiro atoms. The Hall–Kier alpha value is -3.34. The van der Waals surface area contributed by atoms with E-state index in [1.54, 1.807) is 18.3 Å². The maximum Gasteiger partial charge on any atom is 0.490 e. The Kier molecular flexibility index (Phi) is 10.8. The van der Waals surface area contributed by atoms with E-state index in [1.165, 1.54) is 0 Å². The summed E-state index contributed by atoms with van der Waals surface area (Å²) in [6, 6.07) is 3.50. The van der Waals surface area contributed by atoms with Crippen LogP contribution in [0.25, 0.3) is 0 Å². The second-order valence-corrected chi connectivity index (χ2v) is 8.70. The summed E-state index contributed by atoms with van der Waals surface area (Å²) in [5.41, 5.74) is 1.32. The normalized spacial score (nSPS) is 13.3. The zero-order valence-electron chi connectivity index (χ0n) is 17.9. The van der Waals surface area contributed by atoms with E-state index in [-0.39, 0.29) is 12.3 Å². The molecule has 0 radical (unpaired) electrons. The van der Waals surface area contributed by atoms with Crippen LogP contribution in [0.1, 0.15) is 37.2 Å². The van der Waals surface area contributed by atoms with Crippen LogP contribution in [-0.4, -0.2) is 74.7 Å². The van der Waals surface area contributed by atoms with Crippen molar-refractivity contribution in [3.05, 3.63) is 29.8 Å².